The van der Waals surface area contributed by atoms with Crippen LogP contribution in [0.15, 0.2) is 60.7 Å². The number of ether oxygens (including phenoxy) is 4. The number of halogens is 1. The summed E-state index contributed by atoms with van der Waals surface area (Å²) in [4.78, 5) is 26.7. The van der Waals surface area contributed by atoms with E-state index < -0.39 is 17.9 Å². The van der Waals surface area contributed by atoms with Crippen LogP contribution in [0, 0.1) is 12.7 Å². The van der Waals surface area contributed by atoms with Gasteiger partial charge in [0.2, 0.25) is 0 Å². The first kappa shape index (κ1) is 33.4. The van der Waals surface area contributed by atoms with Gasteiger partial charge in [-0.25, -0.2) is 9.18 Å². The lowest BCUT2D eigenvalue weighted by atomic mass is 9.97. The first-order valence-electron chi connectivity index (χ1n) is 13.9. The van der Waals surface area contributed by atoms with E-state index in [1.165, 1.54) is 11.0 Å². The molecule has 3 aromatic carbocycles. The zero-order valence-corrected chi connectivity index (χ0v) is 25.0. The van der Waals surface area contributed by atoms with Gasteiger partial charge in [0.05, 0.1) is 26.2 Å². The Morgan fingerprint density at radius 2 is 1.79 bits per heavy atom. The molecule has 0 spiro atoms. The molecule has 0 saturated heterocycles. The van der Waals surface area contributed by atoms with Crippen molar-refractivity contribution in [2.75, 3.05) is 34.0 Å². The van der Waals surface area contributed by atoms with Crippen LogP contribution < -0.4 is 9.39 Å². The first-order valence-corrected chi connectivity index (χ1v) is 13.9. The second-order valence-electron chi connectivity index (χ2n) is 10.2. The van der Waals surface area contributed by atoms with E-state index in [1.807, 2.05) is 50.2 Å². The smallest absolute Gasteiger partial charge is 0.537 e. The molecule has 0 heterocycles. The Labute approximate surface area is 252 Å². The van der Waals surface area contributed by atoms with Gasteiger partial charge in [0.1, 0.15) is 12.4 Å². The van der Waals surface area contributed by atoms with Crippen molar-refractivity contribution in [2.45, 2.75) is 45.8 Å². The lowest BCUT2D eigenvalue weighted by Gasteiger charge is -2.20. The van der Waals surface area contributed by atoms with E-state index in [1.54, 1.807) is 32.4 Å². The average molecular weight is 594 g/mol. The number of hydrogen-bond acceptors (Lipinski definition) is 8. The van der Waals surface area contributed by atoms with Gasteiger partial charge >= 0.3 is 19.7 Å². The van der Waals surface area contributed by atoms with Gasteiger partial charge in [-0.1, -0.05) is 43.3 Å². The minimum absolute atomic E-state index is 0.00287. The second kappa shape index (κ2) is 17.1. The summed E-state index contributed by atoms with van der Waals surface area (Å²) in [5, 5.41) is 8.83. The third-order valence-corrected chi connectivity index (χ3v) is 6.65. The first-order chi connectivity index (χ1) is 20.7. The molecule has 11 heteroatoms. The van der Waals surface area contributed by atoms with Crippen LogP contribution in [0.1, 0.15) is 47.1 Å². The molecule has 0 aliphatic heterocycles. The number of benzene rings is 3. The monoisotopic (exact) mass is 594 g/mol. The minimum Gasteiger partial charge on any atom is -0.537 e. The van der Waals surface area contributed by atoms with Gasteiger partial charge in [0.15, 0.2) is 11.6 Å². The molecule has 1 atom stereocenters. The zero-order chi connectivity index (χ0) is 31.2. The van der Waals surface area contributed by atoms with E-state index >= 15 is 4.39 Å². The van der Waals surface area contributed by atoms with E-state index in [9.17, 15) is 9.59 Å². The predicted molar refractivity (Wildman–Crippen MR) is 159 cm³/mol. The molecule has 1 N–H and O–H groups in total. The van der Waals surface area contributed by atoms with Gasteiger partial charge in [0.25, 0.3) is 0 Å². The van der Waals surface area contributed by atoms with Crippen molar-refractivity contribution in [3.63, 3.8) is 0 Å². The molecular weight excluding hydrogens is 556 g/mol. The van der Waals surface area contributed by atoms with Crippen molar-refractivity contribution >= 4 is 19.7 Å². The topological polar surface area (TPSA) is 104 Å². The number of esters is 1. The van der Waals surface area contributed by atoms with Crippen LogP contribution in [0.3, 0.4) is 0 Å². The van der Waals surface area contributed by atoms with Crippen LogP contribution in [0.2, 0.25) is 0 Å². The largest absolute Gasteiger partial charge is 0.569 e. The number of amides is 1. The Morgan fingerprint density at radius 3 is 2.49 bits per heavy atom. The molecular formula is C32H38BFNO8. The molecule has 0 aliphatic rings. The van der Waals surface area contributed by atoms with Gasteiger partial charge in [-0.3, -0.25) is 4.79 Å². The van der Waals surface area contributed by atoms with Crippen LogP contribution in [-0.4, -0.2) is 63.6 Å². The number of rotatable bonds is 16. The van der Waals surface area contributed by atoms with Crippen molar-refractivity contribution in [3.05, 3.63) is 94.3 Å². The molecule has 0 bridgehead atoms. The van der Waals surface area contributed by atoms with E-state index in [0.29, 0.717) is 37.6 Å². The summed E-state index contributed by atoms with van der Waals surface area (Å²) in [6.07, 6.45) is -0.204. The number of methoxy groups -OCH3 is 1. The Morgan fingerprint density at radius 1 is 1.02 bits per heavy atom. The van der Waals surface area contributed by atoms with Gasteiger partial charge in [-0.15, -0.1) is 0 Å². The average Bonchev–Trinajstić information content (AvgIpc) is 2.98. The quantitative estimate of drug-likeness (QED) is 0.139. The lowest BCUT2D eigenvalue weighted by Crippen LogP contribution is -2.27. The van der Waals surface area contributed by atoms with Crippen molar-refractivity contribution < 1.29 is 42.6 Å². The normalized spacial score (nSPS) is 11.4. The molecule has 0 aromatic heterocycles. The van der Waals surface area contributed by atoms with Crippen LogP contribution in [0.5, 0.6) is 11.5 Å². The van der Waals surface area contributed by atoms with Crippen LogP contribution in [-0.2, 0) is 38.6 Å². The fourth-order valence-corrected chi connectivity index (χ4v) is 4.48. The SMILES string of the molecule is COCCCOc1c(F)cc(CC(=O)OC[C@H](C)c2ccc(O[B]O)cc2C)cc1CN(C)C(=O)OCc1ccccc1. The van der Waals surface area contributed by atoms with Crippen LogP contribution >= 0.6 is 0 Å². The standard InChI is InChI=1S/C32H38BFNO8/c1-22-15-27(43-33-38)11-12-28(22)23(2)20-41-30(36)18-25-16-26(31(29(34)17-25)40-14-8-13-39-4)19-35(3)32(37)42-21-24-9-6-5-7-10-24/h5-7,9-12,15-17,23,38H,8,13-14,18-21H2,1-4H3/t23-/m0/s1. The summed E-state index contributed by atoms with van der Waals surface area (Å²) in [5.41, 5.74) is 3.50. The fraction of sp³-hybridized carbons (Fsp3) is 0.375. The molecule has 0 unspecified atom stereocenters. The molecule has 1 amide bonds. The van der Waals surface area contributed by atoms with Gasteiger partial charge < -0.3 is 33.5 Å². The fourth-order valence-electron chi connectivity index (χ4n) is 4.48. The van der Waals surface area contributed by atoms with E-state index in [2.05, 4.69) is 0 Å². The molecule has 0 fully saturated rings. The number of carbonyl (C=O) groups excluding carboxylic acids is 2. The third kappa shape index (κ3) is 10.6. The Kier molecular flexibility index (Phi) is 13.3. The molecule has 229 valence electrons. The second-order valence-corrected chi connectivity index (χ2v) is 10.2. The highest BCUT2D eigenvalue weighted by Crippen LogP contribution is 2.28. The zero-order valence-electron chi connectivity index (χ0n) is 25.0. The van der Waals surface area contributed by atoms with Crippen molar-refractivity contribution in [3.8, 4) is 11.5 Å². The van der Waals surface area contributed by atoms with Gasteiger partial charge in [-0.2, -0.15) is 0 Å². The van der Waals surface area contributed by atoms with E-state index in [4.69, 9.17) is 28.6 Å². The molecule has 0 saturated carbocycles. The highest BCUT2D eigenvalue weighted by Gasteiger charge is 2.20. The maximum Gasteiger partial charge on any atom is 0.569 e. The van der Waals surface area contributed by atoms with E-state index in [0.717, 1.165) is 16.7 Å². The summed E-state index contributed by atoms with van der Waals surface area (Å²) in [6, 6.07) is 17.5. The highest BCUT2D eigenvalue weighted by molar-refractivity contribution is 6.17. The number of carbonyl (C=O) groups is 2. The van der Waals surface area contributed by atoms with Crippen molar-refractivity contribution in [1.29, 1.82) is 0 Å². The van der Waals surface area contributed by atoms with Crippen LogP contribution in [0.4, 0.5) is 9.18 Å². The van der Waals surface area contributed by atoms with Crippen molar-refractivity contribution in [1.82, 2.24) is 4.90 Å². The Bertz CT molecular complexity index is 1340. The number of nitrogens with zero attached hydrogens (tertiary/aromatic N) is 1. The molecule has 43 heavy (non-hydrogen) atoms. The molecule has 9 nitrogen and oxygen atoms in total. The minimum atomic E-state index is -0.643. The highest BCUT2D eigenvalue weighted by atomic mass is 19.1. The summed E-state index contributed by atoms with van der Waals surface area (Å²) < 4.78 is 42.0. The maximum atomic E-state index is 15.3. The lowest BCUT2D eigenvalue weighted by molar-refractivity contribution is -0.143. The molecule has 0 aliphatic carbocycles. The van der Waals surface area contributed by atoms with E-state index in [-0.39, 0.29) is 44.5 Å². The third-order valence-electron chi connectivity index (χ3n) is 6.65. The molecule has 1 radical (unpaired) electrons. The number of aryl methyl sites for hydroxylation is 1. The molecule has 3 aromatic rings. The van der Waals surface area contributed by atoms with Crippen LogP contribution in [0.25, 0.3) is 0 Å². The summed E-state index contributed by atoms with van der Waals surface area (Å²) in [7, 11) is 3.73. The van der Waals surface area contributed by atoms with Gasteiger partial charge in [0, 0.05) is 38.7 Å². The summed E-state index contributed by atoms with van der Waals surface area (Å²) in [5.74, 6) is -0.774. The Hall–Kier alpha value is -4.09. The van der Waals surface area contributed by atoms with Crippen molar-refractivity contribution in [2.24, 2.45) is 0 Å². The molecule has 3 rings (SSSR count). The maximum absolute atomic E-state index is 15.3. The predicted octanol–water partition coefficient (Wildman–Crippen LogP) is 5.11. The summed E-state index contributed by atoms with van der Waals surface area (Å²) in [6.45, 7) is 4.70. The Balaban J connectivity index is 1.67. The van der Waals surface area contributed by atoms with Gasteiger partial charge in [-0.05, 0) is 53.4 Å². The summed E-state index contributed by atoms with van der Waals surface area (Å²) >= 11 is 0. The number of hydrogen-bond donors (Lipinski definition) is 1.